The topological polar surface area (TPSA) is 9.23 Å². The highest BCUT2D eigenvalue weighted by Crippen LogP contribution is 2.19. The van der Waals surface area contributed by atoms with Crippen LogP contribution in [0.1, 0.15) is 38.3 Å². The molecular weight excluding hydrogens is 196 g/mol. The molecule has 0 amide bonds. The normalized spacial score (nSPS) is 10.5. The number of benzene rings is 1. The average molecular weight is 217 g/mol. The number of aryl methyl sites for hydroxylation is 1. The molecule has 0 heterocycles. The fraction of sp³-hybridized carbons (Fsp3) is 0.467. The molecule has 1 rings (SSSR count). The zero-order chi connectivity index (χ0) is 12.0. The molecule has 1 nitrogen and oxygen atoms in total. The third-order valence-corrected chi connectivity index (χ3v) is 2.29. The van der Waals surface area contributed by atoms with Crippen molar-refractivity contribution >= 4 is 0 Å². The van der Waals surface area contributed by atoms with Crippen LogP contribution in [0.4, 0.5) is 0 Å². The average Bonchev–Trinajstić information content (AvgIpc) is 2.26. The summed E-state index contributed by atoms with van der Waals surface area (Å²) in [6, 6.07) is 6.24. The summed E-state index contributed by atoms with van der Waals surface area (Å²) in [6.07, 6.45) is 5.14. The summed E-state index contributed by atoms with van der Waals surface area (Å²) >= 11 is 0. The molecule has 0 saturated carbocycles. The Balaban J connectivity index is 2.81. The lowest BCUT2D eigenvalue weighted by Crippen LogP contribution is -2.05. The minimum atomic E-state index is 0.547. The molecule has 0 unspecified atom stereocenters. The lowest BCUT2D eigenvalue weighted by atomic mass is 10.1. The van der Waals surface area contributed by atoms with Crippen molar-refractivity contribution in [1.82, 2.24) is 0 Å². The molecule has 0 aliphatic rings. The summed E-state index contributed by atoms with van der Waals surface area (Å²) in [5, 5.41) is 0. The first-order valence-electron chi connectivity index (χ1n) is 5.95. The first-order chi connectivity index (χ1) is 7.65. The molecule has 1 heteroatoms. The van der Waals surface area contributed by atoms with E-state index in [2.05, 4.69) is 45.6 Å². The van der Waals surface area contributed by atoms with Crippen molar-refractivity contribution in [2.75, 3.05) is 6.61 Å². The van der Waals surface area contributed by atoms with Crippen molar-refractivity contribution in [3.63, 3.8) is 0 Å². The molecule has 16 heavy (non-hydrogen) atoms. The maximum Gasteiger partial charge on any atom is 0.120 e. The van der Waals surface area contributed by atoms with E-state index in [4.69, 9.17) is 4.74 Å². The lowest BCUT2D eigenvalue weighted by molar-refractivity contribution is 0.270. The molecular formula is C15H21O. The summed E-state index contributed by atoms with van der Waals surface area (Å²) < 4.78 is 5.73. The molecule has 0 fully saturated rings. The van der Waals surface area contributed by atoms with Gasteiger partial charge in [-0.25, -0.2) is 0 Å². The zero-order valence-electron chi connectivity index (χ0n) is 10.5. The van der Waals surface area contributed by atoms with Crippen LogP contribution in [-0.4, -0.2) is 6.61 Å². The quantitative estimate of drug-likeness (QED) is 0.699. The summed E-state index contributed by atoms with van der Waals surface area (Å²) in [4.78, 5) is 0. The second-order valence-corrected chi connectivity index (χ2v) is 4.50. The highest BCUT2D eigenvalue weighted by atomic mass is 16.5. The van der Waals surface area contributed by atoms with Crippen LogP contribution in [0.2, 0.25) is 0 Å². The lowest BCUT2D eigenvalue weighted by Gasteiger charge is -2.11. The maximum atomic E-state index is 5.73. The second-order valence-electron chi connectivity index (χ2n) is 4.50. The van der Waals surface area contributed by atoms with Gasteiger partial charge in [-0.2, -0.15) is 0 Å². The van der Waals surface area contributed by atoms with Crippen LogP contribution < -0.4 is 4.74 Å². The van der Waals surface area contributed by atoms with Crippen LogP contribution in [0.25, 0.3) is 0 Å². The third kappa shape index (κ3) is 4.09. The van der Waals surface area contributed by atoms with Gasteiger partial charge in [-0.15, -0.1) is 0 Å². The summed E-state index contributed by atoms with van der Waals surface area (Å²) in [5.74, 6) is 1.48. The zero-order valence-corrected chi connectivity index (χ0v) is 10.5. The van der Waals surface area contributed by atoms with E-state index in [1.165, 1.54) is 5.56 Å². The van der Waals surface area contributed by atoms with Crippen molar-refractivity contribution in [2.45, 2.75) is 33.6 Å². The van der Waals surface area contributed by atoms with E-state index in [9.17, 15) is 0 Å². The molecule has 0 bridgehead atoms. The Morgan fingerprint density at radius 1 is 1.31 bits per heavy atom. The highest BCUT2D eigenvalue weighted by molar-refractivity contribution is 5.37. The fourth-order valence-corrected chi connectivity index (χ4v) is 1.54. The van der Waals surface area contributed by atoms with Crippen molar-refractivity contribution < 1.29 is 4.74 Å². The van der Waals surface area contributed by atoms with Gasteiger partial charge in [0.1, 0.15) is 5.75 Å². The van der Waals surface area contributed by atoms with Gasteiger partial charge in [-0.05, 0) is 41.7 Å². The smallest absolute Gasteiger partial charge is 0.120 e. The molecule has 87 valence electrons. The highest BCUT2D eigenvalue weighted by Gasteiger charge is 2.01. The Hall–Kier alpha value is -1.24. The molecule has 0 aliphatic carbocycles. The van der Waals surface area contributed by atoms with Crippen LogP contribution in [-0.2, 0) is 6.42 Å². The Morgan fingerprint density at radius 2 is 2.06 bits per heavy atom. The Labute approximate surface area is 99.1 Å². The van der Waals surface area contributed by atoms with Gasteiger partial charge in [0.15, 0.2) is 0 Å². The van der Waals surface area contributed by atoms with Crippen molar-refractivity contribution in [1.29, 1.82) is 0 Å². The van der Waals surface area contributed by atoms with Gasteiger partial charge in [0.25, 0.3) is 0 Å². The Bertz CT molecular complexity index is 339. The Morgan fingerprint density at radius 3 is 2.62 bits per heavy atom. The second kappa shape index (κ2) is 6.37. The van der Waals surface area contributed by atoms with Crippen LogP contribution in [0, 0.1) is 12.0 Å². The minimum Gasteiger partial charge on any atom is -0.493 e. The van der Waals surface area contributed by atoms with E-state index in [0.717, 1.165) is 30.8 Å². The van der Waals surface area contributed by atoms with Crippen LogP contribution in [0.5, 0.6) is 5.75 Å². The predicted octanol–water partition coefficient (Wildman–Crippen LogP) is 4.01. The SMILES string of the molecule is C=[C]c1cc(CCC)cc(OCC(C)C)c1. The molecule has 0 N–H and O–H groups in total. The summed E-state index contributed by atoms with van der Waals surface area (Å²) in [5.41, 5.74) is 2.32. The van der Waals surface area contributed by atoms with E-state index in [1.807, 2.05) is 6.07 Å². The van der Waals surface area contributed by atoms with E-state index in [1.54, 1.807) is 0 Å². The molecule has 1 aromatic carbocycles. The van der Waals surface area contributed by atoms with Crippen molar-refractivity contribution in [2.24, 2.45) is 5.92 Å². The molecule has 0 atom stereocenters. The number of hydrogen-bond acceptors (Lipinski definition) is 1. The van der Waals surface area contributed by atoms with Crippen molar-refractivity contribution in [3.05, 3.63) is 42.0 Å². The number of hydrogen-bond donors (Lipinski definition) is 0. The minimum absolute atomic E-state index is 0.547. The van der Waals surface area contributed by atoms with Crippen molar-refractivity contribution in [3.8, 4) is 5.75 Å². The third-order valence-electron chi connectivity index (χ3n) is 2.29. The van der Waals surface area contributed by atoms with Gasteiger partial charge in [0, 0.05) is 0 Å². The van der Waals surface area contributed by atoms with Crippen LogP contribution in [0.15, 0.2) is 24.8 Å². The monoisotopic (exact) mass is 217 g/mol. The van der Waals surface area contributed by atoms with Gasteiger partial charge < -0.3 is 4.74 Å². The van der Waals surface area contributed by atoms with Gasteiger partial charge in [0.05, 0.1) is 6.61 Å². The standard InChI is InChI=1S/C15H21O/c1-5-7-14-8-13(6-2)9-15(10-14)16-11-12(3)4/h8-10,12H,2,5,7,11H2,1,3-4H3. The van der Waals surface area contributed by atoms with Crippen LogP contribution in [0.3, 0.4) is 0 Å². The molecule has 1 aromatic rings. The molecule has 1 radical (unpaired) electrons. The predicted molar refractivity (Wildman–Crippen MR) is 68.7 cm³/mol. The molecule has 0 aromatic heterocycles. The van der Waals surface area contributed by atoms with Gasteiger partial charge >= 0.3 is 0 Å². The molecule has 0 saturated heterocycles. The largest absolute Gasteiger partial charge is 0.493 e. The summed E-state index contributed by atoms with van der Waals surface area (Å²) in [6.45, 7) is 10.9. The first kappa shape index (κ1) is 12.8. The van der Waals surface area contributed by atoms with E-state index >= 15 is 0 Å². The van der Waals surface area contributed by atoms with Gasteiger partial charge in [0.2, 0.25) is 0 Å². The Kier molecular flexibility index (Phi) is 5.10. The van der Waals surface area contributed by atoms with E-state index in [-0.39, 0.29) is 0 Å². The van der Waals surface area contributed by atoms with Gasteiger partial charge in [-0.1, -0.05) is 39.8 Å². The number of rotatable bonds is 6. The maximum absolute atomic E-state index is 5.73. The van der Waals surface area contributed by atoms with Gasteiger partial charge in [-0.3, -0.25) is 0 Å². The van der Waals surface area contributed by atoms with Crippen LogP contribution >= 0.6 is 0 Å². The first-order valence-corrected chi connectivity index (χ1v) is 5.95. The summed E-state index contributed by atoms with van der Waals surface area (Å²) in [7, 11) is 0. The van der Waals surface area contributed by atoms with E-state index in [0.29, 0.717) is 5.92 Å². The number of ether oxygens (including phenoxy) is 1. The fourth-order valence-electron chi connectivity index (χ4n) is 1.54. The van der Waals surface area contributed by atoms with E-state index < -0.39 is 0 Å². The molecule has 0 aliphatic heterocycles. The molecule has 0 spiro atoms.